The van der Waals surface area contributed by atoms with Crippen LogP contribution in [0.3, 0.4) is 0 Å². The van der Waals surface area contributed by atoms with E-state index in [-0.39, 0.29) is 23.1 Å². The number of anilines is 2. The highest BCUT2D eigenvalue weighted by Crippen LogP contribution is 2.21. The first-order valence-electron chi connectivity index (χ1n) is 8.84. The Hall–Kier alpha value is -3.65. The number of carbonyl (C=O) groups excluding carboxylic acids is 2. The van der Waals surface area contributed by atoms with Crippen molar-refractivity contribution in [2.45, 2.75) is 4.90 Å². The Balaban J connectivity index is 1.51. The second kappa shape index (κ2) is 9.71. The first-order chi connectivity index (χ1) is 14.4. The van der Waals surface area contributed by atoms with Crippen LogP contribution in [0.15, 0.2) is 77.7 Å². The van der Waals surface area contributed by atoms with Crippen molar-refractivity contribution in [2.75, 3.05) is 16.4 Å². The second-order valence-electron chi connectivity index (χ2n) is 6.21. The van der Waals surface area contributed by atoms with E-state index in [1.165, 1.54) is 48.2 Å². The molecule has 0 bridgehead atoms. The van der Waals surface area contributed by atoms with Gasteiger partial charge >= 0.3 is 5.97 Å². The molecule has 0 fully saturated rings. The monoisotopic (exact) mass is 424 g/mol. The van der Waals surface area contributed by atoms with Crippen molar-refractivity contribution in [2.24, 2.45) is 0 Å². The lowest BCUT2D eigenvalue weighted by molar-refractivity contribution is -0.113. The maximum Gasteiger partial charge on any atom is 0.335 e. The summed E-state index contributed by atoms with van der Waals surface area (Å²) in [7, 11) is 0. The SMILES string of the molecule is O=C(CSc1ccc(NC(=O)c2ccc(F)cc2)cc1)Nc1cccc(C(=O)O)c1. The molecule has 0 aromatic heterocycles. The maximum atomic E-state index is 12.9. The van der Waals surface area contributed by atoms with Gasteiger partial charge in [-0.15, -0.1) is 11.8 Å². The minimum absolute atomic E-state index is 0.0960. The topological polar surface area (TPSA) is 95.5 Å². The molecule has 3 N–H and O–H groups in total. The quantitative estimate of drug-likeness (QED) is 0.485. The molecule has 152 valence electrons. The fraction of sp³-hybridized carbons (Fsp3) is 0.0455. The number of amides is 2. The maximum absolute atomic E-state index is 12.9. The summed E-state index contributed by atoms with van der Waals surface area (Å²) in [5, 5.41) is 14.4. The van der Waals surface area contributed by atoms with Crippen LogP contribution < -0.4 is 10.6 Å². The molecule has 0 heterocycles. The van der Waals surface area contributed by atoms with Gasteiger partial charge in [-0.2, -0.15) is 0 Å². The molecule has 0 radical (unpaired) electrons. The van der Waals surface area contributed by atoms with Gasteiger partial charge in [0.1, 0.15) is 5.82 Å². The molecule has 2 amide bonds. The number of carboxylic acids is 1. The van der Waals surface area contributed by atoms with Gasteiger partial charge in [-0.05, 0) is 66.7 Å². The van der Waals surface area contributed by atoms with Crippen molar-refractivity contribution >= 4 is 40.9 Å². The summed E-state index contributed by atoms with van der Waals surface area (Å²) in [5.41, 5.74) is 1.43. The van der Waals surface area contributed by atoms with Crippen molar-refractivity contribution < 1.29 is 23.9 Å². The number of halogens is 1. The number of nitrogens with one attached hydrogen (secondary N) is 2. The fourth-order valence-electron chi connectivity index (χ4n) is 2.51. The third kappa shape index (κ3) is 5.92. The van der Waals surface area contributed by atoms with Crippen LogP contribution in [0.4, 0.5) is 15.8 Å². The van der Waals surface area contributed by atoms with Gasteiger partial charge in [0.05, 0.1) is 11.3 Å². The number of benzene rings is 3. The molecule has 0 spiro atoms. The summed E-state index contributed by atoms with van der Waals surface area (Å²) in [6.45, 7) is 0. The van der Waals surface area contributed by atoms with E-state index in [0.717, 1.165) is 4.90 Å². The molecule has 8 heteroatoms. The van der Waals surface area contributed by atoms with Crippen molar-refractivity contribution in [3.8, 4) is 0 Å². The predicted octanol–water partition coefficient (Wildman–Crippen LogP) is 4.51. The summed E-state index contributed by atoms with van der Waals surface area (Å²) in [6.07, 6.45) is 0. The van der Waals surface area contributed by atoms with Crippen molar-refractivity contribution in [3.63, 3.8) is 0 Å². The van der Waals surface area contributed by atoms with E-state index in [9.17, 15) is 18.8 Å². The zero-order chi connectivity index (χ0) is 21.5. The molecule has 30 heavy (non-hydrogen) atoms. The largest absolute Gasteiger partial charge is 0.478 e. The van der Waals surface area contributed by atoms with Gasteiger partial charge in [0.15, 0.2) is 0 Å². The molecule has 0 unspecified atom stereocenters. The standard InChI is InChI=1S/C22H17FN2O4S/c23-16-6-4-14(5-7-16)21(27)25-17-8-10-19(11-9-17)30-13-20(26)24-18-3-1-2-15(12-18)22(28)29/h1-12H,13H2,(H,24,26)(H,25,27)(H,28,29). The summed E-state index contributed by atoms with van der Waals surface area (Å²) in [6, 6.07) is 18.2. The average molecular weight is 424 g/mol. The van der Waals surface area contributed by atoms with Crippen LogP contribution in [0.1, 0.15) is 20.7 Å². The van der Waals surface area contributed by atoms with Crippen LogP contribution in [-0.2, 0) is 4.79 Å². The molecule has 0 saturated carbocycles. The second-order valence-corrected chi connectivity index (χ2v) is 7.26. The third-order valence-electron chi connectivity index (χ3n) is 3.98. The lowest BCUT2D eigenvalue weighted by Gasteiger charge is -2.08. The Morgan fingerprint density at radius 2 is 1.53 bits per heavy atom. The number of hydrogen-bond acceptors (Lipinski definition) is 4. The van der Waals surface area contributed by atoms with Crippen molar-refractivity contribution in [1.82, 2.24) is 0 Å². The van der Waals surface area contributed by atoms with Crippen LogP contribution in [0.25, 0.3) is 0 Å². The number of thioether (sulfide) groups is 1. The van der Waals surface area contributed by atoms with Crippen LogP contribution in [0.2, 0.25) is 0 Å². The van der Waals surface area contributed by atoms with Crippen molar-refractivity contribution in [3.05, 3.63) is 89.7 Å². The fourth-order valence-corrected chi connectivity index (χ4v) is 3.21. The normalized spacial score (nSPS) is 10.3. The minimum Gasteiger partial charge on any atom is -0.478 e. The number of hydrogen-bond donors (Lipinski definition) is 3. The molecule has 3 aromatic rings. The lowest BCUT2D eigenvalue weighted by Crippen LogP contribution is -2.14. The zero-order valence-electron chi connectivity index (χ0n) is 15.6. The number of carboxylic acid groups (broad SMARTS) is 1. The van der Waals surface area contributed by atoms with Crippen LogP contribution in [0.5, 0.6) is 0 Å². The van der Waals surface area contributed by atoms with Gasteiger partial charge < -0.3 is 15.7 Å². The average Bonchev–Trinajstić information content (AvgIpc) is 2.74. The number of carbonyl (C=O) groups is 3. The molecule has 3 rings (SSSR count). The van der Waals surface area contributed by atoms with Gasteiger partial charge in [-0.25, -0.2) is 9.18 Å². The van der Waals surface area contributed by atoms with Gasteiger partial charge in [0, 0.05) is 21.8 Å². The molecule has 0 saturated heterocycles. The molecule has 0 atom stereocenters. The molecular formula is C22H17FN2O4S. The highest BCUT2D eigenvalue weighted by molar-refractivity contribution is 8.00. The third-order valence-corrected chi connectivity index (χ3v) is 4.99. The van der Waals surface area contributed by atoms with E-state index in [1.54, 1.807) is 36.4 Å². The first-order valence-corrected chi connectivity index (χ1v) is 9.82. The molecule has 0 aliphatic carbocycles. The van der Waals surface area contributed by atoms with Gasteiger partial charge in [-0.3, -0.25) is 9.59 Å². The number of rotatable bonds is 7. The van der Waals surface area contributed by atoms with Crippen LogP contribution >= 0.6 is 11.8 Å². The van der Waals surface area contributed by atoms with E-state index in [2.05, 4.69) is 10.6 Å². The molecule has 0 aliphatic rings. The van der Waals surface area contributed by atoms with E-state index in [0.29, 0.717) is 16.9 Å². The smallest absolute Gasteiger partial charge is 0.335 e. The Labute approximate surface area is 176 Å². The summed E-state index contributed by atoms with van der Waals surface area (Å²) >= 11 is 1.30. The van der Waals surface area contributed by atoms with E-state index in [4.69, 9.17) is 5.11 Å². The predicted molar refractivity (Wildman–Crippen MR) is 114 cm³/mol. The lowest BCUT2D eigenvalue weighted by atomic mass is 10.2. The van der Waals surface area contributed by atoms with E-state index in [1.807, 2.05) is 0 Å². The zero-order valence-corrected chi connectivity index (χ0v) is 16.4. The van der Waals surface area contributed by atoms with E-state index >= 15 is 0 Å². The molecule has 6 nitrogen and oxygen atoms in total. The van der Waals surface area contributed by atoms with Crippen LogP contribution in [-0.4, -0.2) is 28.6 Å². The first kappa shape index (κ1) is 21.1. The highest BCUT2D eigenvalue weighted by atomic mass is 32.2. The van der Waals surface area contributed by atoms with Gasteiger partial charge in [-0.1, -0.05) is 6.07 Å². The summed E-state index contributed by atoms with van der Waals surface area (Å²) < 4.78 is 12.9. The van der Waals surface area contributed by atoms with Crippen molar-refractivity contribution in [1.29, 1.82) is 0 Å². The number of aromatic carboxylic acids is 1. The Kier molecular flexibility index (Phi) is 6.82. The van der Waals surface area contributed by atoms with Gasteiger partial charge in [0.2, 0.25) is 5.91 Å². The highest BCUT2D eigenvalue weighted by Gasteiger charge is 2.08. The minimum atomic E-state index is -1.06. The van der Waals surface area contributed by atoms with E-state index < -0.39 is 11.8 Å². The Morgan fingerprint density at radius 3 is 2.20 bits per heavy atom. The summed E-state index contributed by atoms with van der Waals surface area (Å²) in [4.78, 5) is 36.0. The Bertz CT molecular complexity index is 1070. The molecule has 0 aliphatic heterocycles. The van der Waals surface area contributed by atoms with Crippen LogP contribution in [0, 0.1) is 5.82 Å². The van der Waals surface area contributed by atoms with Gasteiger partial charge in [0.25, 0.3) is 5.91 Å². The molecular weight excluding hydrogens is 407 g/mol. The summed E-state index contributed by atoms with van der Waals surface area (Å²) in [5.74, 6) is -1.95. The molecule has 3 aromatic carbocycles. The Morgan fingerprint density at radius 1 is 0.833 bits per heavy atom.